The van der Waals surface area contributed by atoms with Gasteiger partial charge in [0, 0.05) is 17.2 Å². The zero-order chi connectivity index (χ0) is 13.4. The van der Waals surface area contributed by atoms with Crippen LogP contribution in [0.1, 0.15) is 40.8 Å². The molecule has 1 saturated carbocycles. The van der Waals surface area contributed by atoms with Gasteiger partial charge in [-0.05, 0) is 31.9 Å². The number of aromatic amines is 1. The molecule has 6 heteroatoms. The van der Waals surface area contributed by atoms with E-state index in [0.29, 0.717) is 17.2 Å². The zero-order valence-electron chi connectivity index (χ0n) is 10.4. The highest BCUT2D eigenvalue weighted by Gasteiger charge is 2.28. The van der Waals surface area contributed by atoms with Gasteiger partial charge >= 0.3 is 0 Å². The molecular formula is C13H13FN4O. The first-order valence-corrected chi connectivity index (χ1v) is 6.14. The van der Waals surface area contributed by atoms with E-state index in [1.54, 1.807) is 19.1 Å². The standard InChI is InChI=1S/C13H13FN4O/c1-7-9(14)3-2-4-10(7)15-13(19)12-16-11(17-18-12)8-5-6-8/h2-4,8H,5-6H2,1H3,(H,15,19)(H,16,17,18). The lowest BCUT2D eigenvalue weighted by Crippen LogP contribution is -2.15. The average Bonchev–Trinajstić information content (AvgIpc) is 3.12. The second-order valence-corrected chi connectivity index (χ2v) is 4.69. The number of rotatable bonds is 3. The van der Waals surface area contributed by atoms with Crippen molar-refractivity contribution in [3.8, 4) is 0 Å². The van der Waals surface area contributed by atoms with Gasteiger partial charge in [-0.1, -0.05) is 6.07 Å². The molecule has 1 aliphatic rings. The van der Waals surface area contributed by atoms with Crippen molar-refractivity contribution < 1.29 is 9.18 Å². The Morgan fingerprint density at radius 2 is 2.26 bits per heavy atom. The van der Waals surface area contributed by atoms with E-state index in [0.717, 1.165) is 18.7 Å². The molecule has 0 unspecified atom stereocenters. The van der Waals surface area contributed by atoms with Gasteiger partial charge in [-0.25, -0.2) is 9.37 Å². The van der Waals surface area contributed by atoms with Crippen molar-refractivity contribution >= 4 is 11.6 Å². The molecule has 0 radical (unpaired) electrons. The van der Waals surface area contributed by atoms with Gasteiger partial charge in [0.25, 0.3) is 5.91 Å². The molecule has 0 aliphatic heterocycles. The Hall–Kier alpha value is -2.24. The molecule has 1 heterocycles. The molecule has 0 saturated heterocycles. The number of carbonyl (C=O) groups is 1. The molecule has 3 rings (SSSR count). The summed E-state index contributed by atoms with van der Waals surface area (Å²) in [4.78, 5) is 16.1. The number of hydrogen-bond acceptors (Lipinski definition) is 3. The average molecular weight is 260 g/mol. The number of aromatic nitrogens is 3. The fourth-order valence-corrected chi connectivity index (χ4v) is 1.84. The highest BCUT2D eigenvalue weighted by atomic mass is 19.1. The summed E-state index contributed by atoms with van der Waals surface area (Å²) >= 11 is 0. The van der Waals surface area contributed by atoms with Crippen molar-refractivity contribution in [3.05, 3.63) is 41.2 Å². The van der Waals surface area contributed by atoms with Crippen LogP contribution in [-0.4, -0.2) is 21.1 Å². The first-order chi connectivity index (χ1) is 9.15. The topological polar surface area (TPSA) is 70.7 Å². The molecule has 1 aromatic heterocycles. The van der Waals surface area contributed by atoms with Crippen molar-refractivity contribution in [2.24, 2.45) is 0 Å². The molecule has 0 spiro atoms. The van der Waals surface area contributed by atoms with Gasteiger partial charge in [-0.2, -0.15) is 0 Å². The van der Waals surface area contributed by atoms with Crippen LogP contribution in [0, 0.1) is 12.7 Å². The van der Waals surface area contributed by atoms with Crippen molar-refractivity contribution in [1.82, 2.24) is 15.2 Å². The minimum atomic E-state index is -0.433. The van der Waals surface area contributed by atoms with Crippen LogP contribution in [0.4, 0.5) is 10.1 Å². The summed E-state index contributed by atoms with van der Waals surface area (Å²) in [5.41, 5.74) is 0.830. The Morgan fingerprint density at radius 1 is 1.47 bits per heavy atom. The number of H-pyrrole nitrogens is 1. The van der Waals surface area contributed by atoms with E-state index < -0.39 is 5.91 Å². The summed E-state index contributed by atoms with van der Waals surface area (Å²) in [6, 6.07) is 4.54. The van der Waals surface area contributed by atoms with Crippen LogP contribution < -0.4 is 5.32 Å². The normalized spacial score (nSPS) is 14.4. The lowest BCUT2D eigenvalue weighted by Gasteiger charge is -2.06. The van der Waals surface area contributed by atoms with E-state index in [-0.39, 0.29) is 11.6 Å². The van der Waals surface area contributed by atoms with E-state index >= 15 is 0 Å². The monoisotopic (exact) mass is 260 g/mol. The van der Waals surface area contributed by atoms with Gasteiger partial charge < -0.3 is 5.32 Å². The third-order valence-electron chi connectivity index (χ3n) is 3.19. The first-order valence-electron chi connectivity index (χ1n) is 6.14. The van der Waals surface area contributed by atoms with Gasteiger partial charge in [-0.3, -0.25) is 9.89 Å². The maximum absolute atomic E-state index is 13.4. The zero-order valence-corrected chi connectivity index (χ0v) is 10.4. The number of hydrogen-bond donors (Lipinski definition) is 2. The van der Waals surface area contributed by atoms with E-state index in [2.05, 4.69) is 20.5 Å². The second-order valence-electron chi connectivity index (χ2n) is 4.69. The molecule has 19 heavy (non-hydrogen) atoms. The first kappa shape index (κ1) is 11.8. The molecule has 0 atom stereocenters. The van der Waals surface area contributed by atoms with Crippen molar-refractivity contribution in [3.63, 3.8) is 0 Å². The molecule has 2 N–H and O–H groups in total. The smallest absolute Gasteiger partial charge is 0.295 e. The molecule has 98 valence electrons. The summed E-state index contributed by atoms with van der Waals surface area (Å²) in [7, 11) is 0. The minimum absolute atomic E-state index is 0.0885. The van der Waals surface area contributed by atoms with Crippen molar-refractivity contribution in [1.29, 1.82) is 0 Å². The molecule has 1 aromatic carbocycles. The van der Waals surface area contributed by atoms with Crippen LogP contribution in [0.2, 0.25) is 0 Å². The van der Waals surface area contributed by atoms with E-state index in [1.807, 2.05) is 0 Å². The highest BCUT2D eigenvalue weighted by Crippen LogP contribution is 2.37. The number of nitrogens with one attached hydrogen (secondary N) is 2. The van der Waals surface area contributed by atoms with Gasteiger partial charge in [0.15, 0.2) is 0 Å². The fraction of sp³-hybridized carbons (Fsp3) is 0.308. The number of carbonyl (C=O) groups excluding carboxylic acids is 1. The predicted octanol–water partition coefficient (Wildman–Crippen LogP) is 2.38. The van der Waals surface area contributed by atoms with Crippen LogP contribution in [0.25, 0.3) is 0 Å². The van der Waals surface area contributed by atoms with Crippen LogP contribution in [0.3, 0.4) is 0 Å². The molecule has 5 nitrogen and oxygen atoms in total. The Bertz CT molecular complexity index is 633. The Labute approximate surface area is 109 Å². The van der Waals surface area contributed by atoms with Gasteiger partial charge in [0.2, 0.25) is 5.82 Å². The lowest BCUT2D eigenvalue weighted by molar-refractivity contribution is 0.101. The molecular weight excluding hydrogens is 247 g/mol. The maximum atomic E-state index is 13.4. The van der Waals surface area contributed by atoms with E-state index in [4.69, 9.17) is 0 Å². The van der Waals surface area contributed by atoms with Gasteiger partial charge in [0.1, 0.15) is 11.6 Å². The molecule has 0 bridgehead atoms. The second kappa shape index (κ2) is 4.46. The largest absolute Gasteiger partial charge is 0.319 e. The fourth-order valence-electron chi connectivity index (χ4n) is 1.84. The minimum Gasteiger partial charge on any atom is -0.319 e. The molecule has 1 aliphatic carbocycles. The quantitative estimate of drug-likeness (QED) is 0.890. The third kappa shape index (κ3) is 2.33. The van der Waals surface area contributed by atoms with Crippen LogP contribution in [0.5, 0.6) is 0 Å². The van der Waals surface area contributed by atoms with Gasteiger partial charge in [0.05, 0.1) is 0 Å². The number of nitrogens with zero attached hydrogens (tertiary/aromatic N) is 2. The summed E-state index contributed by atoms with van der Waals surface area (Å²) in [6.45, 7) is 1.61. The number of halogens is 1. The summed E-state index contributed by atoms with van der Waals surface area (Å²) in [5, 5.41) is 9.26. The molecule has 1 fully saturated rings. The number of amides is 1. The van der Waals surface area contributed by atoms with Gasteiger partial charge in [-0.15, -0.1) is 5.10 Å². The van der Waals surface area contributed by atoms with Crippen LogP contribution in [-0.2, 0) is 0 Å². The number of benzene rings is 1. The Kier molecular flexibility index (Phi) is 2.77. The summed E-state index contributed by atoms with van der Waals surface area (Å²) < 4.78 is 13.4. The Balaban J connectivity index is 1.78. The van der Waals surface area contributed by atoms with Crippen LogP contribution >= 0.6 is 0 Å². The van der Waals surface area contributed by atoms with Crippen molar-refractivity contribution in [2.75, 3.05) is 5.32 Å². The summed E-state index contributed by atoms with van der Waals surface area (Å²) in [6.07, 6.45) is 2.17. The van der Waals surface area contributed by atoms with E-state index in [9.17, 15) is 9.18 Å². The van der Waals surface area contributed by atoms with E-state index in [1.165, 1.54) is 6.07 Å². The van der Waals surface area contributed by atoms with Crippen LogP contribution in [0.15, 0.2) is 18.2 Å². The lowest BCUT2D eigenvalue weighted by atomic mass is 10.2. The Morgan fingerprint density at radius 3 is 3.00 bits per heavy atom. The van der Waals surface area contributed by atoms with Crippen molar-refractivity contribution in [2.45, 2.75) is 25.7 Å². The maximum Gasteiger partial charge on any atom is 0.295 e. The highest BCUT2D eigenvalue weighted by molar-refractivity contribution is 6.01. The third-order valence-corrected chi connectivity index (χ3v) is 3.19. The summed E-state index contributed by atoms with van der Waals surface area (Å²) in [5.74, 6) is 0.458. The SMILES string of the molecule is Cc1c(F)cccc1NC(=O)c1n[nH]c(C2CC2)n1. The predicted molar refractivity (Wildman–Crippen MR) is 67.4 cm³/mol. The molecule has 2 aromatic rings. The number of anilines is 1. The molecule has 1 amide bonds.